The normalized spacial score (nSPS) is 16.7. The summed E-state index contributed by atoms with van der Waals surface area (Å²) in [5, 5.41) is 9.68. The average molecular weight is 385 g/mol. The molecular weight excluding hydrogens is 365 g/mol. The number of nitrogens with one attached hydrogen (secondary N) is 1. The Bertz CT molecular complexity index is 936. The second-order valence-electron chi connectivity index (χ2n) is 6.73. The minimum Gasteiger partial charge on any atom is -0.371 e. The van der Waals surface area contributed by atoms with Gasteiger partial charge in [-0.2, -0.15) is 5.10 Å². The number of thiazole rings is 1. The van der Waals surface area contributed by atoms with Crippen LogP contribution in [-0.4, -0.2) is 40.3 Å². The number of benzene rings is 1. The number of hydrogen-bond donors (Lipinski definition) is 1. The van der Waals surface area contributed by atoms with Gasteiger partial charge < -0.3 is 10.2 Å². The molecule has 0 radical (unpaired) electrons. The first-order valence-electron chi connectivity index (χ1n) is 8.82. The molecule has 1 aliphatic rings. The zero-order valence-electron chi connectivity index (χ0n) is 14.9. The quantitative estimate of drug-likeness (QED) is 0.734. The van der Waals surface area contributed by atoms with E-state index in [2.05, 4.69) is 20.3 Å². The summed E-state index contributed by atoms with van der Waals surface area (Å²) >= 11 is 1.44. The maximum atomic E-state index is 13.1. The van der Waals surface area contributed by atoms with E-state index < -0.39 is 0 Å². The van der Waals surface area contributed by atoms with Crippen LogP contribution in [0.5, 0.6) is 0 Å². The topological polar surface area (TPSA) is 63.1 Å². The van der Waals surface area contributed by atoms with Crippen LogP contribution in [0.4, 0.5) is 10.1 Å². The van der Waals surface area contributed by atoms with E-state index in [1.807, 2.05) is 13.2 Å². The van der Waals surface area contributed by atoms with Crippen molar-refractivity contribution in [2.45, 2.75) is 6.42 Å². The molecule has 3 aromatic rings. The van der Waals surface area contributed by atoms with Crippen LogP contribution in [0.2, 0.25) is 0 Å². The van der Waals surface area contributed by atoms with Crippen molar-refractivity contribution in [1.29, 1.82) is 0 Å². The summed E-state index contributed by atoms with van der Waals surface area (Å²) in [7, 11) is 1.85. The molecule has 2 aromatic heterocycles. The number of carbonyl (C=O) groups is 1. The summed E-state index contributed by atoms with van der Waals surface area (Å²) in [5.41, 5.74) is 2.37. The molecule has 6 nitrogen and oxygen atoms in total. The highest BCUT2D eigenvalue weighted by atomic mass is 32.1. The van der Waals surface area contributed by atoms with Crippen LogP contribution >= 0.6 is 11.3 Å². The zero-order chi connectivity index (χ0) is 18.8. The second-order valence-corrected chi connectivity index (χ2v) is 7.59. The minimum atomic E-state index is -0.226. The van der Waals surface area contributed by atoms with Gasteiger partial charge in [0.05, 0.1) is 6.20 Å². The first kappa shape index (κ1) is 17.7. The van der Waals surface area contributed by atoms with E-state index in [9.17, 15) is 9.18 Å². The predicted molar refractivity (Wildman–Crippen MR) is 103 cm³/mol. The van der Waals surface area contributed by atoms with Crippen LogP contribution in [0.15, 0.2) is 42.0 Å². The average Bonchev–Trinajstić information content (AvgIpc) is 3.40. The van der Waals surface area contributed by atoms with Gasteiger partial charge in [-0.25, -0.2) is 9.37 Å². The number of carbonyl (C=O) groups excluding carboxylic acids is 1. The molecule has 1 unspecified atom stereocenters. The molecule has 1 aliphatic heterocycles. The Hall–Kier alpha value is -2.74. The number of hydrogen-bond acceptors (Lipinski definition) is 5. The lowest BCUT2D eigenvalue weighted by atomic mass is 10.1. The Labute approximate surface area is 160 Å². The highest BCUT2D eigenvalue weighted by molar-refractivity contribution is 7.13. The van der Waals surface area contributed by atoms with Gasteiger partial charge in [0.15, 0.2) is 0 Å². The lowest BCUT2D eigenvalue weighted by Crippen LogP contribution is -2.31. The van der Waals surface area contributed by atoms with Crippen LogP contribution < -0.4 is 10.2 Å². The standard InChI is InChI=1S/C19H20FN5OS/c1-24-11-14(9-22-24)19-23-17(12-27-19)18(26)21-8-13-6-7-25(10-13)16-4-2-15(20)3-5-16/h2-5,9,11-13H,6-8,10H2,1H3,(H,21,26). The van der Waals surface area contributed by atoms with Gasteiger partial charge in [0.1, 0.15) is 16.5 Å². The lowest BCUT2D eigenvalue weighted by Gasteiger charge is -2.18. The first-order valence-corrected chi connectivity index (χ1v) is 9.70. The molecule has 4 rings (SSSR count). The molecule has 0 bridgehead atoms. The van der Waals surface area contributed by atoms with Crippen LogP contribution in [0.25, 0.3) is 10.6 Å². The number of amides is 1. The molecule has 1 N–H and O–H groups in total. The van der Waals surface area contributed by atoms with Crippen LogP contribution in [0.3, 0.4) is 0 Å². The van der Waals surface area contributed by atoms with E-state index in [1.54, 1.807) is 28.4 Å². The third-order valence-electron chi connectivity index (χ3n) is 4.72. The molecule has 27 heavy (non-hydrogen) atoms. The molecule has 1 amide bonds. The molecule has 8 heteroatoms. The number of rotatable bonds is 5. The molecule has 1 atom stereocenters. The molecule has 1 aromatic carbocycles. The molecule has 0 aliphatic carbocycles. The zero-order valence-corrected chi connectivity index (χ0v) is 15.7. The fourth-order valence-electron chi connectivity index (χ4n) is 3.26. The van der Waals surface area contributed by atoms with Crippen molar-refractivity contribution >= 4 is 22.9 Å². The van der Waals surface area contributed by atoms with E-state index in [4.69, 9.17) is 0 Å². The van der Waals surface area contributed by atoms with Gasteiger partial charge in [-0.05, 0) is 36.6 Å². The highest BCUT2D eigenvalue weighted by Crippen LogP contribution is 2.25. The van der Waals surface area contributed by atoms with Crippen molar-refractivity contribution in [2.75, 3.05) is 24.5 Å². The van der Waals surface area contributed by atoms with Crippen LogP contribution in [0, 0.1) is 11.7 Å². The Morgan fingerprint density at radius 1 is 1.37 bits per heavy atom. The SMILES string of the molecule is Cn1cc(-c2nc(C(=O)NCC3CCN(c4ccc(F)cc4)C3)cs2)cn1. The van der Waals surface area contributed by atoms with Gasteiger partial charge in [-0.3, -0.25) is 9.48 Å². The summed E-state index contributed by atoms with van der Waals surface area (Å²) in [6.45, 7) is 2.37. The second kappa shape index (κ2) is 7.48. The number of halogens is 1. The number of nitrogens with zero attached hydrogens (tertiary/aromatic N) is 4. The Morgan fingerprint density at radius 2 is 2.19 bits per heavy atom. The molecule has 0 saturated carbocycles. The summed E-state index contributed by atoms with van der Waals surface area (Å²) in [4.78, 5) is 19.0. The largest absolute Gasteiger partial charge is 0.371 e. The van der Waals surface area contributed by atoms with Crippen molar-refractivity contribution < 1.29 is 9.18 Å². The van der Waals surface area contributed by atoms with Gasteiger partial charge in [0, 0.05) is 49.5 Å². The van der Waals surface area contributed by atoms with E-state index in [0.717, 1.165) is 35.8 Å². The Morgan fingerprint density at radius 3 is 2.93 bits per heavy atom. The molecule has 1 fully saturated rings. The van der Waals surface area contributed by atoms with Crippen LogP contribution in [-0.2, 0) is 7.05 Å². The molecule has 140 valence electrons. The van der Waals surface area contributed by atoms with Crippen molar-refractivity contribution in [2.24, 2.45) is 13.0 Å². The lowest BCUT2D eigenvalue weighted by molar-refractivity contribution is 0.0944. The molecule has 1 saturated heterocycles. The molecular formula is C19H20FN5OS. The third kappa shape index (κ3) is 4.00. The van der Waals surface area contributed by atoms with Crippen molar-refractivity contribution in [3.63, 3.8) is 0 Å². The summed E-state index contributed by atoms with van der Waals surface area (Å²) < 4.78 is 14.8. The van der Waals surface area contributed by atoms with E-state index in [1.165, 1.54) is 23.5 Å². The number of aryl methyl sites for hydroxylation is 1. The highest BCUT2D eigenvalue weighted by Gasteiger charge is 2.23. The minimum absolute atomic E-state index is 0.151. The Balaban J connectivity index is 1.31. The predicted octanol–water partition coefficient (Wildman–Crippen LogP) is 2.94. The fraction of sp³-hybridized carbons (Fsp3) is 0.316. The van der Waals surface area contributed by atoms with Gasteiger partial charge in [0.2, 0.25) is 0 Å². The maximum absolute atomic E-state index is 13.1. The van der Waals surface area contributed by atoms with Crippen molar-refractivity contribution in [3.05, 3.63) is 53.6 Å². The first-order chi connectivity index (χ1) is 13.1. The molecule has 3 heterocycles. The van der Waals surface area contributed by atoms with E-state index in [0.29, 0.717) is 18.2 Å². The maximum Gasteiger partial charge on any atom is 0.270 e. The van der Waals surface area contributed by atoms with E-state index in [-0.39, 0.29) is 11.7 Å². The Kier molecular flexibility index (Phi) is 4.89. The fourth-order valence-corrected chi connectivity index (χ4v) is 4.03. The smallest absolute Gasteiger partial charge is 0.270 e. The molecule has 0 spiro atoms. The summed E-state index contributed by atoms with van der Waals surface area (Å²) in [6.07, 6.45) is 4.61. The summed E-state index contributed by atoms with van der Waals surface area (Å²) in [6, 6.07) is 6.55. The van der Waals surface area contributed by atoms with Gasteiger partial charge in [-0.15, -0.1) is 11.3 Å². The van der Waals surface area contributed by atoms with Crippen molar-refractivity contribution in [3.8, 4) is 10.6 Å². The van der Waals surface area contributed by atoms with Gasteiger partial charge >= 0.3 is 0 Å². The van der Waals surface area contributed by atoms with E-state index >= 15 is 0 Å². The van der Waals surface area contributed by atoms with Crippen LogP contribution in [0.1, 0.15) is 16.9 Å². The van der Waals surface area contributed by atoms with Gasteiger partial charge in [-0.1, -0.05) is 0 Å². The summed E-state index contributed by atoms with van der Waals surface area (Å²) in [5.74, 6) is -0.00673. The number of aromatic nitrogens is 3. The number of anilines is 1. The third-order valence-corrected chi connectivity index (χ3v) is 5.61. The van der Waals surface area contributed by atoms with Crippen molar-refractivity contribution in [1.82, 2.24) is 20.1 Å². The monoisotopic (exact) mass is 385 g/mol. The van der Waals surface area contributed by atoms with Gasteiger partial charge in [0.25, 0.3) is 5.91 Å².